The third-order valence-electron chi connectivity index (χ3n) is 5.45. The molecule has 1 fully saturated rings. The number of nitrogens with one attached hydrogen (secondary N) is 3. The summed E-state index contributed by atoms with van der Waals surface area (Å²) in [5.74, 6) is 0.599. The van der Waals surface area contributed by atoms with E-state index in [2.05, 4.69) is 30.5 Å². The number of carbonyl (C=O) groups excluding carboxylic acids is 1. The molecule has 1 aliphatic heterocycles. The molecule has 2 heterocycles. The Morgan fingerprint density at radius 1 is 1.13 bits per heavy atom. The number of rotatable bonds is 6. The van der Waals surface area contributed by atoms with Crippen molar-refractivity contribution in [3.05, 3.63) is 59.3 Å². The van der Waals surface area contributed by atoms with Crippen molar-refractivity contribution >= 4 is 11.7 Å². The lowest BCUT2D eigenvalue weighted by Crippen LogP contribution is -3.04. The van der Waals surface area contributed by atoms with Gasteiger partial charge in [0.25, 0.3) is 5.82 Å². The molecule has 1 aliphatic rings. The van der Waals surface area contributed by atoms with Gasteiger partial charge in [0, 0.05) is 24.1 Å². The number of aromatic amines is 1. The van der Waals surface area contributed by atoms with E-state index in [4.69, 9.17) is 0 Å². The van der Waals surface area contributed by atoms with Crippen LogP contribution >= 0.6 is 0 Å². The first-order chi connectivity index (χ1) is 14.2. The number of hydrogen-bond donors (Lipinski definition) is 2. The van der Waals surface area contributed by atoms with Crippen LogP contribution in [0.2, 0.25) is 0 Å². The zero-order valence-electron chi connectivity index (χ0n) is 17.4. The molecule has 0 aliphatic carbocycles. The Balaban J connectivity index is 1.51. The summed E-state index contributed by atoms with van der Waals surface area (Å²) in [5, 5.41) is 3.06. The van der Waals surface area contributed by atoms with Gasteiger partial charge in [0.15, 0.2) is 0 Å². The van der Waals surface area contributed by atoms with E-state index in [0.717, 1.165) is 24.4 Å². The zero-order chi connectivity index (χ0) is 21.7. The van der Waals surface area contributed by atoms with E-state index in [0.29, 0.717) is 38.3 Å². The van der Waals surface area contributed by atoms with Crippen molar-refractivity contribution in [3.8, 4) is 0 Å². The monoisotopic (exact) mass is 422 g/mol. The second-order valence-electron chi connectivity index (χ2n) is 8.09. The molecule has 8 heteroatoms. The van der Waals surface area contributed by atoms with Gasteiger partial charge in [-0.05, 0) is 24.5 Å². The van der Waals surface area contributed by atoms with Crippen molar-refractivity contribution in [2.24, 2.45) is 5.92 Å². The molecule has 0 atom stereocenters. The Kier molecular flexibility index (Phi) is 6.97. The van der Waals surface area contributed by atoms with Crippen LogP contribution in [0, 0.1) is 5.92 Å². The lowest BCUT2D eigenvalue weighted by molar-refractivity contribution is -0.872. The molecule has 2 aromatic rings. The maximum absolute atomic E-state index is 12.7. The van der Waals surface area contributed by atoms with Gasteiger partial charge in [-0.1, -0.05) is 24.3 Å². The summed E-state index contributed by atoms with van der Waals surface area (Å²) >= 11 is 0. The van der Waals surface area contributed by atoms with Crippen LogP contribution in [-0.4, -0.2) is 33.1 Å². The predicted molar refractivity (Wildman–Crippen MR) is 108 cm³/mol. The van der Waals surface area contributed by atoms with Gasteiger partial charge in [-0.25, -0.2) is 4.98 Å². The van der Waals surface area contributed by atoms with E-state index in [-0.39, 0.29) is 11.8 Å². The molecule has 5 nitrogen and oxygen atoms in total. The Hall–Kier alpha value is -2.61. The van der Waals surface area contributed by atoms with Gasteiger partial charge in [0.05, 0.1) is 32.7 Å². The number of alkyl halides is 3. The summed E-state index contributed by atoms with van der Waals surface area (Å²) in [6.45, 7) is 2.66. The largest absolute Gasteiger partial charge is 0.419 e. The van der Waals surface area contributed by atoms with Crippen LogP contribution in [0.1, 0.15) is 29.5 Å². The molecule has 1 aromatic carbocycles. The van der Waals surface area contributed by atoms with E-state index in [1.165, 1.54) is 16.5 Å². The van der Waals surface area contributed by atoms with Crippen molar-refractivity contribution in [2.45, 2.75) is 32.1 Å². The van der Waals surface area contributed by atoms with Crippen molar-refractivity contribution in [2.75, 3.05) is 32.1 Å². The number of benzene rings is 1. The standard InChI is InChI=1S/C22H27F3N4O/c1-28(2)15-18-6-4-3-5-17(18)13-27-21(30)16-9-11-29(12-10-16)20-8-7-19(14-26-20)22(23,24)25/h3-8,14,16H,9-13,15H2,1-2H3,(H,27,30)/p+2. The fraction of sp³-hybridized carbons (Fsp3) is 0.455. The predicted octanol–water partition coefficient (Wildman–Crippen LogP) is 1.70. The maximum Gasteiger partial charge on any atom is 0.419 e. The molecule has 30 heavy (non-hydrogen) atoms. The number of aromatic nitrogens is 1. The highest BCUT2D eigenvalue weighted by atomic mass is 19.4. The van der Waals surface area contributed by atoms with Crippen LogP contribution in [0.25, 0.3) is 0 Å². The first-order valence-corrected chi connectivity index (χ1v) is 10.2. The van der Waals surface area contributed by atoms with Crippen LogP contribution in [0.4, 0.5) is 19.0 Å². The van der Waals surface area contributed by atoms with Gasteiger partial charge in [-0.15, -0.1) is 0 Å². The molecule has 0 spiro atoms. The highest BCUT2D eigenvalue weighted by Crippen LogP contribution is 2.29. The van der Waals surface area contributed by atoms with Crippen molar-refractivity contribution in [3.63, 3.8) is 0 Å². The number of carbonyl (C=O) groups is 1. The topological polar surface area (TPSA) is 50.9 Å². The zero-order valence-corrected chi connectivity index (χ0v) is 17.4. The smallest absolute Gasteiger partial charge is 0.352 e. The van der Waals surface area contributed by atoms with Crippen LogP contribution in [0.5, 0.6) is 0 Å². The molecule has 0 saturated carbocycles. The Labute approximate surface area is 174 Å². The lowest BCUT2D eigenvalue weighted by atomic mass is 9.95. The summed E-state index contributed by atoms with van der Waals surface area (Å²) < 4.78 is 38.1. The summed E-state index contributed by atoms with van der Waals surface area (Å²) in [7, 11) is 4.19. The molecule has 1 saturated heterocycles. The van der Waals surface area contributed by atoms with Crippen LogP contribution in [-0.2, 0) is 24.1 Å². The van der Waals surface area contributed by atoms with E-state index < -0.39 is 11.7 Å². The number of quaternary nitrogens is 1. The van der Waals surface area contributed by atoms with E-state index in [9.17, 15) is 18.0 Å². The lowest BCUT2D eigenvalue weighted by Gasteiger charge is -2.27. The maximum atomic E-state index is 12.7. The van der Waals surface area contributed by atoms with Gasteiger partial charge in [0.2, 0.25) is 5.91 Å². The molecular weight excluding hydrogens is 393 g/mol. The molecule has 162 valence electrons. The highest BCUT2D eigenvalue weighted by Gasteiger charge is 2.33. The van der Waals surface area contributed by atoms with E-state index in [1.807, 2.05) is 23.1 Å². The molecule has 3 rings (SSSR count). The number of hydrogen-bond acceptors (Lipinski definition) is 2. The minimum atomic E-state index is -4.35. The van der Waals surface area contributed by atoms with E-state index >= 15 is 0 Å². The summed E-state index contributed by atoms with van der Waals surface area (Å²) in [6, 6.07) is 10.7. The van der Waals surface area contributed by atoms with E-state index in [1.54, 1.807) is 0 Å². The minimum absolute atomic E-state index is 0.0399. The SMILES string of the molecule is C[NH+](C)Cc1ccccc1CNC(=O)C1CCN(c2ccc(C(F)(F)F)c[nH+]2)CC1. The average molecular weight is 422 g/mol. The summed E-state index contributed by atoms with van der Waals surface area (Å²) in [5.41, 5.74) is 1.66. The Morgan fingerprint density at radius 2 is 1.80 bits per heavy atom. The second kappa shape index (κ2) is 9.47. The van der Waals surface area contributed by atoms with Gasteiger partial charge in [-0.3, -0.25) is 9.69 Å². The molecule has 1 amide bonds. The number of halogens is 3. The van der Waals surface area contributed by atoms with Gasteiger partial charge < -0.3 is 10.2 Å². The fourth-order valence-corrected chi connectivity index (χ4v) is 3.78. The molecule has 1 aromatic heterocycles. The molecule has 0 bridgehead atoms. The number of amides is 1. The quantitative estimate of drug-likeness (QED) is 0.745. The summed E-state index contributed by atoms with van der Waals surface area (Å²) in [4.78, 5) is 18.7. The van der Waals surface area contributed by atoms with Crippen LogP contribution in [0.15, 0.2) is 42.6 Å². The number of H-pyrrole nitrogens is 1. The molecule has 3 N–H and O–H groups in total. The van der Waals surface area contributed by atoms with Crippen LogP contribution in [0.3, 0.4) is 0 Å². The number of nitrogens with zero attached hydrogens (tertiary/aromatic N) is 1. The van der Waals surface area contributed by atoms with Crippen LogP contribution < -0.4 is 20.1 Å². The highest BCUT2D eigenvalue weighted by molar-refractivity contribution is 5.79. The van der Waals surface area contributed by atoms with Crippen molar-refractivity contribution in [1.29, 1.82) is 0 Å². The van der Waals surface area contributed by atoms with Crippen molar-refractivity contribution in [1.82, 2.24) is 5.32 Å². The molecule has 0 unspecified atom stereocenters. The molecular formula is C22H29F3N4O+2. The third kappa shape index (κ3) is 5.72. The summed E-state index contributed by atoms with van der Waals surface area (Å²) in [6.07, 6.45) is -2.03. The van der Waals surface area contributed by atoms with Gasteiger partial charge in [0.1, 0.15) is 12.7 Å². The Morgan fingerprint density at radius 3 is 2.37 bits per heavy atom. The van der Waals surface area contributed by atoms with Gasteiger partial charge >= 0.3 is 6.18 Å². The third-order valence-corrected chi connectivity index (χ3v) is 5.45. The fourth-order valence-electron chi connectivity index (χ4n) is 3.78. The van der Waals surface area contributed by atoms with Gasteiger partial charge in [-0.2, -0.15) is 13.2 Å². The average Bonchev–Trinajstić information content (AvgIpc) is 2.72. The minimum Gasteiger partial charge on any atom is -0.352 e. The number of pyridine rings is 1. The first-order valence-electron chi connectivity index (χ1n) is 10.2. The molecule has 0 radical (unpaired) electrons. The number of piperidine rings is 1. The van der Waals surface area contributed by atoms with Crippen molar-refractivity contribution < 1.29 is 27.8 Å². The second-order valence-corrected chi connectivity index (χ2v) is 8.09. The Bertz CT molecular complexity index is 844. The first kappa shape index (κ1) is 22.1. The number of anilines is 1. The normalized spacial score (nSPS) is 15.5.